The predicted molar refractivity (Wildman–Crippen MR) is 76.5 cm³/mol. The average molecular weight is 258 g/mol. The zero-order chi connectivity index (χ0) is 14.5. The molecule has 0 spiro atoms. The molecule has 1 rings (SSSR count). The van der Waals surface area contributed by atoms with Gasteiger partial charge in [0.15, 0.2) is 0 Å². The summed E-state index contributed by atoms with van der Waals surface area (Å²) in [4.78, 5) is 13.4. The fourth-order valence-corrected chi connectivity index (χ4v) is 1.83. The van der Waals surface area contributed by atoms with E-state index in [0.29, 0.717) is 13.0 Å². The first-order valence-electron chi connectivity index (χ1n) is 6.55. The Balaban J connectivity index is 2.63. The topological polar surface area (TPSA) is 44.1 Å². The van der Waals surface area contributed by atoms with Crippen molar-refractivity contribution in [1.29, 1.82) is 5.26 Å². The molecule has 0 aliphatic rings. The molecule has 0 fully saturated rings. The van der Waals surface area contributed by atoms with E-state index in [2.05, 4.69) is 45.0 Å². The Morgan fingerprint density at radius 2 is 1.84 bits per heavy atom. The zero-order valence-corrected chi connectivity index (χ0v) is 12.2. The van der Waals surface area contributed by atoms with Crippen molar-refractivity contribution in [3.63, 3.8) is 0 Å². The molecule has 0 aromatic heterocycles. The second kappa shape index (κ2) is 6.38. The van der Waals surface area contributed by atoms with Crippen molar-refractivity contribution >= 4 is 5.91 Å². The molecule has 1 aromatic carbocycles. The van der Waals surface area contributed by atoms with E-state index in [0.717, 1.165) is 5.56 Å². The molecule has 3 heteroatoms. The monoisotopic (exact) mass is 258 g/mol. The molecule has 0 saturated carbocycles. The van der Waals surface area contributed by atoms with Gasteiger partial charge in [-0.15, -0.1) is 0 Å². The molecule has 0 unspecified atom stereocenters. The molecule has 0 bridgehead atoms. The number of amides is 1. The standard InChI is InChI=1S/C16H22N2O/c1-16(2,3)14-9-7-13(8-10-14)12-18(4)15(19)6-5-11-17/h7-10H,5-6,12H2,1-4H3. The van der Waals surface area contributed by atoms with Crippen molar-refractivity contribution in [1.82, 2.24) is 4.90 Å². The van der Waals surface area contributed by atoms with Crippen LogP contribution in [0.1, 0.15) is 44.7 Å². The van der Waals surface area contributed by atoms with Crippen LogP contribution in [0.5, 0.6) is 0 Å². The third kappa shape index (κ3) is 4.75. The van der Waals surface area contributed by atoms with Crippen molar-refractivity contribution in [3.8, 4) is 6.07 Å². The molecular weight excluding hydrogens is 236 g/mol. The molecule has 1 amide bonds. The van der Waals surface area contributed by atoms with Gasteiger partial charge in [-0.1, -0.05) is 45.0 Å². The van der Waals surface area contributed by atoms with Crippen LogP contribution >= 0.6 is 0 Å². The molecule has 1 aromatic rings. The summed E-state index contributed by atoms with van der Waals surface area (Å²) in [6.07, 6.45) is 0.583. The predicted octanol–water partition coefficient (Wildman–Crippen LogP) is 3.25. The van der Waals surface area contributed by atoms with Gasteiger partial charge in [0.2, 0.25) is 5.91 Å². The summed E-state index contributed by atoms with van der Waals surface area (Å²) in [7, 11) is 1.78. The van der Waals surface area contributed by atoms with Crippen LogP contribution in [0.15, 0.2) is 24.3 Å². The summed E-state index contributed by atoms with van der Waals surface area (Å²) >= 11 is 0. The molecule has 0 radical (unpaired) electrons. The van der Waals surface area contributed by atoms with Gasteiger partial charge < -0.3 is 4.90 Å². The quantitative estimate of drug-likeness (QED) is 0.832. The number of hydrogen-bond acceptors (Lipinski definition) is 2. The summed E-state index contributed by atoms with van der Waals surface area (Å²) < 4.78 is 0. The molecule has 0 N–H and O–H groups in total. The minimum Gasteiger partial charge on any atom is -0.341 e. The Labute approximate surface area is 115 Å². The van der Waals surface area contributed by atoms with Gasteiger partial charge in [-0.05, 0) is 16.5 Å². The van der Waals surface area contributed by atoms with Crippen LogP contribution in [0.25, 0.3) is 0 Å². The summed E-state index contributed by atoms with van der Waals surface area (Å²) in [5.41, 5.74) is 2.54. The van der Waals surface area contributed by atoms with Crippen LogP contribution in [-0.2, 0) is 16.8 Å². The second-order valence-electron chi connectivity index (χ2n) is 5.85. The molecule has 102 valence electrons. The van der Waals surface area contributed by atoms with Crippen molar-refractivity contribution in [2.24, 2.45) is 0 Å². The minimum absolute atomic E-state index is 0.0152. The smallest absolute Gasteiger partial charge is 0.223 e. The highest BCUT2D eigenvalue weighted by Gasteiger charge is 2.13. The van der Waals surface area contributed by atoms with Gasteiger partial charge in [0, 0.05) is 26.4 Å². The lowest BCUT2D eigenvalue weighted by molar-refractivity contribution is -0.130. The van der Waals surface area contributed by atoms with Gasteiger partial charge in [-0.3, -0.25) is 4.79 Å². The highest BCUT2D eigenvalue weighted by Crippen LogP contribution is 2.22. The number of benzene rings is 1. The van der Waals surface area contributed by atoms with E-state index in [1.807, 2.05) is 6.07 Å². The van der Waals surface area contributed by atoms with Crippen molar-refractivity contribution in [2.75, 3.05) is 7.05 Å². The fourth-order valence-electron chi connectivity index (χ4n) is 1.83. The van der Waals surface area contributed by atoms with E-state index < -0.39 is 0 Å². The highest BCUT2D eigenvalue weighted by atomic mass is 16.2. The highest BCUT2D eigenvalue weighted by molar-refractivity contribution is 5.76. The van der Waals surface area contributed by atoms with Crippen LogP contribution in [0.4, 0.5) is 0 Å². The summed E-state index contributed by atoms with van der Waals surface area (Å²) in [6, 6.07) is 10.4. The minimum atomic E-state index is 0.0152. The van der Waals surface area contributed by atoms with Crippen LogP contribution < -0.4 is 0 Å². The molecule has 0 heterocycles. The lowest BCUT2D eigenvalue weighted by Crippen LogP contribution is -2.25. The number of nitrogens with zero attached hydrogens (tertiary/aromatic N) is 2. The molecule has 0 aliphatic carbocycles. The lowest BCUT2D eigenvalue weighted by Gasteiger charge is -2.20. The van der Waals surface area contributed by atoms with Gasteiger partial charge in [0.05, 0.1) is 6.07 Å². The second-order valence-corrected chi connectivity index (χ2v) is 5.85. The normalized spacial score (nSPS) is 10.9. The van der Waals surface area contributed by atoms with Crippen molar-refractivity contribution in [3.05, 3.63) is 35.4 Å². The summed E-state index contributed by atoms with van der Waals surface area (Å²) in [5, 5.41) is 8.47. The van der Waals surface area contributed by atoms with Crippen molar-refractivity contribution in [2.45, 2.75) is 45.6 Å². The van der Waals surface area contributed by atoms with Crippen molar-refractivity contribution < 1.29 is 4.79 Å². The summed E-state index contributed by atoms with van der Waals surface area (Å²) in [6.45, 7) is 7.13. The molecule has 0 aliphatic heterocycles. The molecular formula is C16H22N2O. The largest absolute Gasteiger partial charge is 0.341 e. The first kappa shape index (κ1) is 15.2. The molecule has 3 nitrogen and oxygen atoms in total. The van der Waals surface area contributed by atoms with E-state index >= 15 is 0 Å². The van der Waals surface area contributed by atoms with Gasteiger partial charge in [-0.25, -0.2) is 0 Å². The maximum absolute atomic E-state index is 11.7. The number of hydrogen-bond donors (Lipinski definition) is 0. The SMILES string of the molecule is CN(Cc1ccc(C(C)(C)C)cc1)C(=O)CCC#N. The lowest BCUT2D eigenvalue weighted by atomic mass is 9.87. The van der Waals surface area contributed by atoms with Crippen LogP contribution in [0.3, 0.4) is 0 Å². The number of carbonyl (C=O) groups is 1. The Kier molecular flexibility index (Phi) is 5.11. The first-order chi connectivity index (χ1) is 8.84. The maximum atomic E-state index is 11.7. The van der Waals surface area contributed by atoms with Crippen LogP contribution in [0.2, 0.25) is 0 Å². The molecule has 0 atom stereocenters. The maximum Gasteiger partial charge on any atom is 0.223 e. The zero-order valence-electron chi connectivity index (χ0n) is 12.2. The third-order valence-electron chi connectivity index (χ3n) is 3.12. The van der Waals surface area contributed by atoms with E-state index in [-0.39, 0.29) is 17.7 Å². The van der Waals surface area contributed by atoms with Gasteiger partial charge in [0.25, 0.3) is 0 Å². The van der Waals surface area contributed by atoms with Crippen LogP contribution in [0, 0.1) is 11.3 Å². The van der Waals surface area contributed by atoms with E-state index in [4.69, 9.17) is 5.26 Å². The molecule has 0 saturated heterocycles. The number of carbonyl (C=O) groups excluding carboxylic acids is 1. The van der Waals surface area contributed by atoms with Gasteiger partial charge in [0.1, 0.15) is 0 Å². The third-order valence-corrected chi connectivity index (χ3v) is 3.12. The van der Waals surface area contributed by atoms with Gasteiger partial charge >= 0.3 is 0 Å². The van der Waals surface area contributed by atoms with E-state index in [9.17, 15) is 4.79 Å². The number of nitriles is 1. The Morgan fingerprint density at radius 3 is 2.32 bits per heavy atom. The summed E-state index contributed by atoms with van der Waals surface area (Å²) in [5.74, 6) is 0.0152. The fraction of sp³-hybridized carbons (Fsp3) is 0.500. The van der Waals surface area contributed by atoms with Crippen LogP contribution in [-0.4, -0.2) is 17.9 Å². The van der Waals surface area contributed by atoms with E-state index in [1.54, 1.807) is 11.9 Å². The number of rotatable bonds is 4. The van der Waals surface area contributed by atoms with E-state index in [1.165, 1.54) is 5.56 Å². The Hall–Kier alpha value is -1.82. The average Bonchev–Trinajstić information content (AvgIpc) is 2.35. The first-order valence-corrected chi connectivity index (χ1v) is 6.55. The Morgan fingerprint density at radius 1 is 1.26 bits per heavy atom. The van der Waals surface area contributed by atoms with Gasteiger partial charge in [-0.2, -0.15) is 5.26 Å². The Bertz CT molecular complexity index is 463. The molecule has 19 heavy (non-hydrogen) atoms.